The summed E-state index contributed by atoms with van der Waals surface area (Å²) in [5.74, 6) is 0.269. The van der Waals surface area contributed by atoms with Gasteiger partial charge in [-0.1, -0.05) is 60.7 Å². The van der Waals surface area contributed by atoms with Crippen LogP contribution in [-0.2, 0) is 16.0 Å². The number of carbonyl (C=O) groups excluding carboxylic acids is 1. The van der Waals surface area contributed by atoms with Gasteiger partial charge in [0.2, 0.25) is 5.91 Å². The Bertz CT molecular complexity index is 631. The zero-order chi connectivity index (χ0) is 16.6. The molecule has 25 heavy (non-hydrogen) atoms. The molecule has 0 saturated carbocycles. The van der Waals surface area contributed by atoms with E-state index in [0.29, 0.717) is 19.8 Å². The third kappa shape index (κ3) is 5.85. The topological polar surface area (TPSA) is 50.4 Å². The van der Waals surface area contributed by atoms with Gasteiger partial charge in [-0.2, -0.15) is 0 Å². The summed E-state index contributed by atoms with van der Waals surface area (Å²) >= 11 is 0. The van der Waals surface area contributed by atoms with Crippen LogP contribution < -0.4 is 10.6 Å². The molecule has 0 spiro atoms. The first-order valence-electron chi connectivity index (χ1n) is 8.50. The van der Waals surface area contributed by atoms with Crippen LogP contribution in [0, 0.1) is 0 Å². The number of benzene rings is 2. The maximum atomic E-state index is 12.3. The smallest absolute Gasteiger partial charge is 0.239 e. The van der Waals surface area contributed by atoms with Gasteiger partial charge in [-0.25, -0.2) is 0 Å². The highest BCUT2D eigenvalue weighted by atomic mass is 35.5. The Labute approximate surface area is 155 Å². The molecule has 1 amide bonds. The first kappa shape index (κ1) is 19.4. The Balaban J connectivity index is 0.00000225. The van der Waals surface area contributed by atoms with E-state index in [9.17, 15) is 4.79 Å². The summed E-state index contributed by atoms with van der Waals surface area (Å²) in [6.45, 7) is 2.46. The van der Waals surface area contributed by atoms with Gasteiger partial charge in [0.1, 0.15) is 6.04 Å². The molecule has 2 N–H and O–H groups in total. The summed E-state index contributed by atoms with van der Waals surface area (Å²) in [7, 11) is 0. The number of morpholine rings is 1. The van der Waals surface area contributed by atoms with Crippen LogP contribution in [0.4, 0.5) is 0 Å². The average Bonchev–Trinajstić information content (AvgIpc) is 2.67. The number of halogens is 1. The van der Waals surface area contributed by atoms with Crippen molar-refractivity contribution in [1.82, 2.24) is 10.6 Å². The quantitative estimate of drug-likeness (QED) is 0.832. The van der Waals surface area contributed by atoms with Gasteiger partial charge in [0.15, 0.2) is 0 Å². The van der Waals surface area contributed by atoms with Crippen LogP contribution in [0.15, 0.2) is 60.7 Å². The van der Waals surface area contributed by atoms with E-state index in [1.54, 1.807) is 0 Å². The Morgan fingerprint density at radius 3 is 2.44 bits per heavy atom. The van der Waals surface area contributed by atoms with Gasteiger partial charge in [0.05, 0.1) is 13.2 Å². The number of nitrogens with one attached hydrogen (secondary N) is 2. The lowest BCUT2D eigenvalue weighted by atomic mass is 9.92. The van der Waals surface area contributed by atoms with E-state index in [0.717, 1.165) is 13.0 Å². The van der Waals surface area contributed by atoms with Gasteiger partial charge in [-0.05, 0) is 17.5 Å². The maximum Gasteiger partial charge on any atom is 0.239 e. The summed E-state index contributed by atoms with van der Waals surface area (Å²) < 4.78 is 5.37. The molecule has 2 atom stereocenters. The van der Waals surface area contributed by atoms with Crippen molar-refractivity contribution in [2.75, 3.05) is 26.3 Å². The molecule has 134 valence electrons. The zero-order valence-corrected chi connectivity index (χ0v) is 15.0. The third-order valence-corrected chi connectivity index (χ3v) is 4.36. The molecule has 1 saturated heterocycles. The van der Waals surface area contributed by atoms with E-state index in [2.05, 4.69) is 47.0 Å². The van der Waals surface area contributed by atoms with Gasteiger partial charge in [0.25, 0.3) is 0 Å². The van der Waals surface area contributed by atoms with Crippen LogP contribution in [0.2, 0.25) is 0 Å². The molecule has 0 aromatic heterocycles. The summed E-state index contributed by atoms with van der Waals surface area (Å²) in [6, 6.07) is 20.5. The number of ether oxygens (including phenoxy) is 1. The van der Waals surface area contributed by atoms with Crippen molar-refractivity contribution in [3.8, 4) is 0 Å². The Kier molecular flexibility index (Phi) is 7.92. The summed E-state index contributed by atoms with van der Waals surface area (Å²) in [4.78, 5) is 12.3. The minimum Gasteiger partial charge on any atom is -0.378 e. The SMILES string of the molecule is Cl.O=C(NCC(Cc1ccccc1)c1ccccc1)C1COCCN1. The highest BCUT2D eigenvalue weighted by Crippen LogP contribution is 2.20. The fraction of sp³-hybridized carbons (Fsp3) is 0.350. The van der Waals surface area contributed by atoms with Gasteiger partial charge >= 0.3 is 0 Å². The van der Waals surface area contributed by atoms with Crippen molar-refractivity contribution in [1.29, 1.82) is 0 Å². The molecule has 1 aliphatic rings. The van der Waals surface area contributed by atoms with Crippen molar-refractivity contribution in [2.45, 2.75) is 18.4 Å². The fourth-order valence-corrected chi connectivity index (χ4v) is 3.01. The van der Waals surface area contributed by atoms with E-state index in [1.165, 1.54) is 11.1 Å². The molecule has 0 radical (unpaired) electrons. The number of rotatable bonds is 6. The molecule has 0 aliphatic carbocycles. The van der Waals surface area contributed by atoms with Gasteiger partial charge in [-0.3, -0.25) is 4.79 Å². The molecule has 5 heteroatoms. The van der Waals surface area contributed by atoms with E-state index in [4.69, 9.17) is 4.74 Å². The van der Waals surface area contributed by atoms with Crippen LogP contribution in [-0.4, -0.2) is 38.3 Å². The van der Waals surface area contributed by atoms with Crippen LogP contribution >= 0.6 is 12.4 Å². The minimum atomic E-state index is -0.244. The largest absolute Gasteiger partial charge is 0.378 e. The highest BCUT2D eigenvalue weighted by Gasteiger charge is 2.22. The fourth-order valence-electron chi connectivity index (χ4n) is 3.01. The zero-order valence-electron chi connectivity index (χ0n) is 14.2. The van der Waals surface area contributed by atoms with Crippen molar-refractivity contribution in [2.24, 2.45) is 0 Å². The normalized spacial score (nSPS) is 18.0. The second kappa shape index (κ2) is 10.2. The van der Waals surface area contributed by atoms with Crippen molar-refractivity contribution in [3.63, 3.8) is 0 Å². The van der Waals surface area contributed by atoms with Crippen molar-refractivity contribution >= 4 is 18.3 Å². The van der Waals surface area contributed by atoms with Gasteiger partial charge in [0, 0.05) is 19.0 Å². The van der Waals surface area contributed by atoms with E-state index in [1.807, 2.05) is 24.3 Å². The lowest BCUT2D eigenvalue weighted by Gasteiger charge is -2.24. The van der Waals surface area contributed by atoms with Crippen LogP contribution in [0.5, 0.6) is 0 Å². The molecule has 0 bridgehead atoms. The van der Waals surface area contributed by atoms with Crippen LogP contribution in [0.25, 0.3) is 0 Å². The molecular formula is C20H25ClN2O2. The maximum absolute atomic E-state index is 12.3. The number of carbonyl (C=O) groups is 1. The van der Waals surface area contributed by atoms with E-state index >= 15 is 0 Å². The molecular weight excluding hydrogens is 336 g/mol. The number of amides is 1. The van der Waals surface area contributed by atoms with E-state index < -0.39 is 0 Å². The molecule has 1 aliphatic heterocycles. The Hall–Kier alpha value is -1.88. The molecule has 2 aromatic carbocycles. The number of hydrogen-bond acceptors (Lipinski definition) is 3. The predicted molar refractivity (Wildman–Crippen MR) is 102 cm³/mol. The first-order chi connectivity index (χ1) is 11.8. The molecule has 3 rings (SSSR count). The lowest BCUT2D eigenvalue weighted by Crippen LogP contribution is -2.51. The Morgan fingerprint density at radius 1 is 1.12 bits per heavy atom. The second-order valence-electron chi connectivity index (χ2n) is 6.12. The first-order valence-corrected chi connectivity index (χ1v) is 8.50. The number of hydrogen-bond donors (Lipinski definition) is 2. The second-order valence-corrected chi connectivity index (χ2v) is 6.12. The van der Waals surface area contributed by atoms with Crippen LogP contribution in [0.1, 0.15) is 17.0 Å². The molecule has 2 aromatic rings. The van der Waals surface area contributed by atoms with E-state index in [-0.39, 0.29) is 30.3 Å². The van der Waals surface area contributed by atoms with Gasteiger partial charge in [-0.15, -0.1) is 12.4 Å². The lowest BCUT2D eigenvalue weighted by molar-refractivity contribution is -0.125. The summed E-state index contributed by atoms with van der Waals surface area (Å²) in [5.41, 5.74) is 2.52. The standard InChI is InChI=1S/C20H24N2O2.ClH/c23-20(19-15-24-12-11-21-19)22-14-18(17-9-5-2-6-10-17)13-16-7-3-1-4-8-16;/h1-10,18-19,21H,11-15H2,(H,22,23);1H. The van der Waals surface area contributed by atoms with Crippen LogP contribution in [0.3, 0.4) is 0 Å². The van der Waals surface area contributed by atoms with Crippen molar-refractivity contribution < 1.29 is 9.53 Å². The summed E-state index contributed by atoms with van der Waals surface area (Å²) in [5, 5.41) is 6.28. The molecule has 1 fully saturated rings. The predicted octanol–water partition coefficient (Wildman–Crippen LogP) is 2.54. The molecule has 4 nitrogen and oxygen atoms in total. The monoisotopic (exact) mass is 360 g/mol. The average molecular weight is 361 g/mol. The Morgan fingerprint density at radius 2 is 1.80 bits per heavy atom. The highest BCUT2D eigenvalue weighted by molar-refractivity contribution is 5.85. The molecule has 2 unspecified atom stereocenters. The molecule has 1 heterocycles. The minimum absolute atomic E-state index is 0. The van der Waals surface area contributed by atoms with Gasteiger partial charge < -0.3 is 15.4 Å². The third-order valence-electron chi connectivity index (χ3n) is 4.36. The summed E-state index contributed by atoms with van der Waals surface area (Å²) in [6.07, 6.45) is 0.903. The van der Waals surface area contributed by atoms with Crippen molar-refractivity contribution in [3.05, 3.63) is 71.8 Å².